The minimum absolute atomic E-state index is 1.09. The van der Waals surface area contributed by atoms with Gasteiger partial charge < -0.3 is 4.90 Å². The zero-order valence-electron chi connectivity index (χ0n) is 32.6. The average Bonchev–Trinajstić information content (AvgIpc) is 3.33. The molecule has 59 heavy (non-hydrogen) atoms. The minimum atomic E-state index is 1.09. The molecule has 0 aromatic heterocycles. The molecule has 0 aliphatic heterocycles. The van der Waals surface area contributed by atoms with Gasteiger partial charge in [0.2, 0.25) is 0 Å². The lowest BCUT2D eigenvalue weighted by atomic mass is 9.90. The van der Waals surface area contributed by atoms with Crippen LogP contribution in [0.5, 0.6) is 0 Å². The third-order valence-corrected chi connectivity index (χ3v) is 11.3. The van der Waals surface area contributed by atoms with E-state index < -0.39 is 0 Å². The van der Waals surface area contributed by atoms with Crippen molar-refractivity contribution in [1.82, 2.24) is 0 Å². The third-order valence-electron chi connectivity index (χ3n) is 11.3. The Labute approximate surface area is 346 Å². The summed E-state index contributed by atoms with van der Waals surface area (Å²) in [6, 6.07) is 89.8. The second-order valence-corrected chi connectivity index (χ2v) is 15.0. The summed E-state index contributed by atoms with van der Waals surface area (Å²) in [6.07, 6.45) is 0. The Morgan fingerprint density at radius 3 is 1.02 bits per heavy atom. The molecule has 10 aromatic carbocycles. The molecule has 0 bridgehead atoms. The van der Waals surface area contributed by atoms with Gasteiger partial charge in [-0.2, -0.15) is 0 Å². The van der Waals surface area contributed by atoms with Gasteiger partial charge >= 0.3 is 0 Å². The first-order valence-corrected chi connectivity index (χ1v) is 20.2. The predicted octanol–water partition coefficient (Wildman–Crippen LogP) is 16.3. The molecule has 0 atom stereocenters. The van der Waals surface area contributed by atoms with Crippen LogP contribution in [-0.4, -0.2) is 0 Å². The Morgan fingerprint density at radius 1 is 0.186 bits per heavy atom. The first kappa shape index (κ1) is 35.7. The number of hydrogen-bond donors (Lipinski definition) is 0. The van der Waals surface area contributed by atoms with Gasteiger partial charge in [0.1, 0.15) is 0 Å². The molecule has 0 amide bonds. The largest absolute Gasteiger partial charge is 0.311 e. The predicted molar refractivity (Wildman–Crippen MR) is 251 cm³/mol. The maximum Gasteiger partial charge on any atom is 0.0462 e. The summed E-state index contributed by atoms with van der Waals surface area (Å²) in [7, 11) is 0. The molecule has 10 rings (SSSR count). The van der Waals surface area contributed by atoms with Crippen molar-refractivity contribution < 1.29 is 0 Å². The second kappa shape index (κ2) is 16.0. The van der Waals surface area contributed by atoms with Crippen molar-refractivity contribution in [3.8, 4) is 66.8 Å². The van der Waals surface area contributed by atoms with Gasteiger partial charge in [-0.1, -0.05) is 200 Å². The smallest absolute Gasteiger partial charge is 0.0462 e. The summed E-state index contributed by atoms with van der Waals surface area (Å²) < 4.78 is 0. The van der Waals surface area contributed by atoms with Crippen molar-refractivity contribution in [3.63, 3.8) is 0 Å². The fourth-order valence-electron chi connectivity index (χ4n) is 8.16. The third kappa shape index (κ3) is 7.46. The van der Waals surface area contributed by atoms with Crippen LogP contribution in [0.3, 0.4) is 0 Å². The summed E-state index contributed by atoms with van der Waals surface area (Å²) in [6.45, 7) is 0. The van der Waals surface area contributed by atoms with Crippen molar-refractivity contribution in [2.24, 2.45) is 0 Å². The Morgan fingerprint density at radius 2 is 0.508 bits per heavy atom. The molecule has 0 N–H and O–H groups in total. The first-order chi connectivity index (χ1) is 29.2. The highest BCUT2D eigenvalue weighted by Gasteiger charge is 2.15. The van der Waals surface area contributed by atoms with Crippen molar-refractivity contribution in [1.29, 1.82) is 0 Å². The van der Waals surface area contributed by atoms with Gasteiger partial charge in [0.15, 0.2) is 0 Å². The van der Waals surface area contributed by atoms with Crippen LogP contribution >= 0.6 is 0 Å². The van der Waals surface area contributed by atoms with Crippen molar-refractivity contribution in [2.75, 3.05) is 4.90 Å². The van der Waals surface area contributed by atoms with Gasteiger partial charge in [-0.15, -0.1) is 0 Å². The summed E-state index contributed by atoms with van der Waals surface area (Å²) in [5, 5.41) is 2.50. The number of anilines is 3. The van der Waals surface area contributed by atoms with E-state index in [2.05, 4.69) is 254 Å². The molecule has 0 spiro atoms. The fourth-order valence-corrected chi connectivity index (χ4v) is 8.16. The van der Waals surface area contributed by atoms with Crippen molar-refractivity contribution >= 4 is 27.8 Å². The second-order valence-electron chi connectivity index (χ2n) is 15.0. The van der Waals surface area contributed by atoms with E-state index in [0.717, 1.165) is 17.1 Å². The maximum absolute atomic E-state index is 2.35. The highest BCUT2D eigenvalue weighted by molar-refractivity contribution is 5.90. The molecule has 0 aliphatic rings. The molecule has 0 saturated heterocycles. The molecule has 0 saturated carbocycles. The lowest BCUT2D eigenvalue weighted by Gasteiger charge is -2.26. The molecule has 0 fully saturated rings. The Balaban J connectivity index is 1.01. The number of nitrogens with zero attached hydrogens (tertiary/aromatic N) is 1. The van der Waals surface area contributed by atoms with E-state index in [1.807, 2.05) is 0 Å². The van der Waals surface area contributed by atoms with Crippen molar-refractivity contribution in [2.45, 2.75) is 0 Å². The molecule has 0 radical (unpaired) electrons. The molecule has 1 heteroatoms. The van der Waals surface area contributed by atoms with Crippen LogP contribution in [0.4, 0.5) is 17.1 Å². The SMILES string of the molecule is c1ccc(-c2ccc(-c3cc(-c4ccc(N(c5ccc(-c6ccccc6)cc5)c5ccc(-c6ccc7ccccc7c6)cc5)cc4)ccc3-c3ccccc3)cc2)cc1. The van der Waals surface area contributed by atoms with E-state index >= 15 is 0 Å². The van der Waals surface area contributed by atoms with Crippen LogP contribution in [0.25, 0.3) is 77.5 Å². The normalized spacial score (nSPS) is 11.1. The Hall–Kier alpha value is -7.74. The van der Waals surface area contributed by atoms with Gasteiger partial charge in [0.25, 0.3) is 0 Å². The molecule has 10 aromatic rings. The Kier molecular flexibility index (Phi) is 9.68. The zero-order valence-corrected chi connectivity index (χ0v) is 32.6. The van der Waals surface area contributed by atoms with E-state index in [9.17, 15) is 0 Å². The number of fused-ring (bicyclic) bond motifs is 1. The van der Waals surface area contributed by atoms with Gasteiger partial charge in [-0.05, 0) is 126 Å². The lowest BCUT2D eigenvalue weighted by molar-refractivity contribution is 1.28. The fraction of sp³-hybridized carbons (Fsp3) is 0. The summed E-state index contributed by atoms with van der Waals surface area (Å²) in [5.74, 6) is 0. The molecular formula is C58H41N. The van der Waals surface area contributed by atoms with Crippen LogP contribution in [0.2, 0.25) is 0 Å². The van der Waals surface area contributed by atoms with Crippen LogP contribution in [0.15, 0.2) is 249 Å². The molecule has 278 valence electrons. The molecule has 0 heterocycles. The van der Waals surface area contributed by atoms with Gasteiger partial charge in [-0.25, -0.2) is 0 Å². The average molecular weight is 752 g/mol. The maximum atomic E-state index is 2.35. The minimum Gasteiger partial charge on any atom is -0.311 e. The van der Waals surface area contributed by atoms with Gasteiger partial charge in [0.05, 0.1) is 0 Å². The zero-order chi connectivity index (χ0) is 39.4. The van der Waals surface area contributed by atoms with Crippen LogP contribution in [-0.2, 0) is 0 Å². The quantitative estimate of drug-likeness (QED) is 0.142. The molecule has 1 nitrogen and oxygen atoms in total. The van der Waals surface area contributed by atoms with Crippen molar-refractivity contribution in [3.05, 3.63) is 249 Å². The summed E-state index contributed by atoms with van der Waals surface area (Å²) >= 11 is 0. The standard InChI is InChI=1S/C58H41N/c1-4-12-42(13-5-1)45-20-23-50(24-21-45)58-41-53(32-39-57(58)49-17-8-3-9-18-49)48-30-37-56(38-31-48)59(54-33-26-46(27-34-54)43-14-6-2-7-15-43)55-35-28-47(29-36-55)52-25-22-44-16-10-11-19-51(44)40-52/h1-41H. The van der Waals surface area contributed by atoms with Crippen LogP contribution in [0, 0.1) is 0 Å². The van der Waals surface area contributed by atoms with E-state index in [-0.39, 0.29) is 0 Å². The summed E-state index contributed by atoms with van der Waals surface area (Å²) in [4.78, 5) is 2.35. The lowest BCUT2D eigenvalue weighted by Crippen LogP contribution is -2.09. The highest BCUT2D eigenvalue weighted by Crippen LogP contribution is 2.40. The number of rotatable bonds is 9. The molecule has 0 aliphatic carbocycles. The number of hydrogen-bond acceptors (Lipinski definition) is 1. The van der Waals surface area contributed by atoms with E-state index in [1.165, 1.54) is 77.5 Å². The highest BCUT2D eigenvalue weighted by atomic mass is 15.1. The first-order valence-electron chi connectivity index (χ1n) is 20.2. The van der Waals surface area contributed by atoms with E-state index in [1.54, 1.807) is 0 Å². The van der Waals surface area contributed by atoms with E-state index in [4.69, 9.17) is 0 Å². The number of benzene rings is 10. The molecular weight excluding hydrogens is 711 g/mol. The Bertz CT molecular complexity index is 2970. The van der Waals surface area contributed by atoms with Gasteiger partial charge in [-0.3, -0.25) is 0 Å². The molecule has 0 unspecified atom stereocenters. The monoisotopic (exact) mass is 751 g/mol. The van der Waals surface area contributed by atoms with Crippen LogP contribution in [0.1, 0.15) is 0 Å². The summed E-state index contributed by atoms with van der Waals surface area (Å²) in [5.41, 5.74) is 17.7. The topological polar surface area (TPSA) is 3.24 Å². The van der Waals surface area contributed by atoms with E-state index in [0.29, 0.717) is 0 Å². The van der Waals surface area contributed by atoms with Gasteiger partial charge in [0, 0.05) is 17.1 Å². The van der Waals surface area contributed by atoms with Crippen LogP contribution < -0.4 is 4.90 Å².